The van der Waals surface area contributed by atoms with Crippen LogP contribution in [0.25, 0.3) is 0 Å². The summed E-state index contributed by atoms with van der Waals surface area (Å²) in [5.41, 5.74) is 5.39. The highest BCUT2D eigenvalue weighted by atomic mass is 16.7. The lowest BCUT2D eigenvalue weighted by Gasteiger charge is -2.25. The van der Waals surface area contributed by atoms with E-state index in [1.807, 2.05) is 6.92 Å². The maximum absolute atomic E-state index is 5.39. The maximum Gasteiger partial charge on any atom is 0.154 e. The van der Waals surface area contributed by atoms with E-state index < -0.39 is 0 Å². The first-order valence-electron chi connectivity index (χ1n) is 3.26. The first-order valence-corrected chi connectivity index (χ1v) is 3.26. The quantitative estimate of drug-likeness (QED) is 0.543. The average Bonchev–Trinajstić information content (AvgIpc) is 1.90. The lowest BCUT2D eigenvalue weighted by atomic mass is 10.2. The summed E-state index contributed by atoms with van der Waals surface area (Å²) in [5, 5.41) is 0. The molecule has 0 aromatic carbocycles. The fraction of sp³-hybridized carbons (Fsp3) is 1.00. The Morgan fingerprint density at radius 2 is 2.00 bits per heavy atom. The Morgan fingerprint density at radius 1 is 1.44 bits per heavy atom. The van der Waals surface area contributed by atoms with E-state index in [4.69, 9.17) is 15.2 Å². The van der Waals surface area contributed by atoms with Crippen LogP contribution in [0.15, 0.2) is 0 Å². The molecule has 0 bridgehead atoms. The van der Waals surface area contributed by atoms with Crippen molar-refractivity contribution in [3.05, 3.63) is 0 Å². The van der Waals surface area contributed by atoms with Crippen molar-refractivity contribution in [1.29, 1.82) is 0 Å². The molecule has 0 aliphatic carbocycles. The highest BCUT2D eigenvalue weighted by Gasteiger charge is 2.16. The fourth-order valence-corrected chi connectivity index (χ4v) is 0.775. The summed E-state index contributed by atoms with van der Waals surface area (Å²) in [6.45, 7) is 4.05. The summed E-state index contributed by atoms with van der Waals surface area (Å²) < 4.78 is 10.4. The monoisotopic (exact) mass is 131 g/mol. The Morgan fingerprint density at radius 3 is 2.44 bits per heavy atom. The van der Waals surface area contributed by atoms with Gasteiger partial charge in [-0.3, -0.25) is 0 Å². The molecule has 1 aliphatic heterocycles. The first-order chi connectivity index (χ1) is 4.33. The first kappa shape index (κ1) is 6.99. The second kappa shape index (κ2) is 3.15. The predicted molar refractivity (Wildman–Crippen MR) is 33.9 cm³/mol. The third-order valence-electron chi connectivity index (χ3n) is 1.47. The van der Waals surface area contributed by atoms with Crippen LogP contribution in [0, 0.1) is 5.92 Å². The van der Waals surface area contributed by atoms with Gasteiger partial charge in [-0.1, -0.05) is 0 Å². The highest BCUT2D eigenvalue weighted by molar-refractivity contribution is 4.61. The van der Waals surface area contributed by atoms with Gasteiger partial charge in [0.05, 0.1) is 13.2 Å². The summed E-state index contributed by atoms with van der Waals surface area (Å²) in [7, 11) is 0. The van der Waals surface area contributed by atoms with Crippen LogP contribution in [-0.2, 0) is 9.47 Å². The summed E-state index contributed by atoms with van der Waals surface area (Å²) >= 11 is 0. The highest BCUT2D eigenvalue weighted by Crippen LogP contribution is 2.08. The molecule has 0 radical (unpaired) electrons. The number of ether oxygens (including phenoxy) is 2. The number of hydrogen-bond donors (Lipinski definition) is 1. The van der Waals surface area contributed by atoms with Crippen molar-refractivity contribution < 1.29 is 9.47 Å². The Balaban J connectivity index is 2.18. The smallest absolute Gasteiger partial charge is 0.154 e. The third kappa shape index (κ3) is 1.93. The molecule has 1 rings (SSSR count). The van der Waals surface area contributed by atoms with Gasteiger partial charge in [-0.25, -0.2) is 0 Å². The second-order valence-corrected chi connectivity index (χ2v) is 2.34. The summed E-state index contributed by atoms with van der Waals surface area (Å²) in [5.74, 6) is 0.404. The standard InChI is InChI=1S/C6H13NO2/c1-5-8-3-6(2-7)4-9-5/h5-6H,2-4,7H2,1H3. The van der Waals surface area contributed by atoms with Crippen LogP contribution in [-0.4, -0.2) is 26.0 Å². The molecular weight excluding hydrogens is 118 g/mol. The fourth-order valence-electron chi connectivity index (χ4n) is 0.775. The summed E-state index contributed by atoms with van der Waals surface area (Å²) in [6.07, 6.45) is -0.0344. The molecule has 0 aromatic heterocycles. The minimum absolute atomic E-state index is 0.0344. The molecule has 54 valence electrons. The van der Waals surface area contributed by atoms with Gasteiger partial charge in [-0.15, -0.1) is 0 Å². The Bertz CT molecular complexity index is 79.1. The average molecular weight is 131 g/mol. The lowest BCUT2D eigenvalue weighted by Crippen LogP contribution is -2.34. The van der Waals surface area contributed by atoms with Gasteiger partial charge in [0.25, 0.3) is 0 Å². The minimum Gasteiger partial charge on any atom is -0.353 e. The van der Waals surface area contributed by atoms with E-state index in [0.717, 1.165) is 13.2 Å². The van der Waals surface area contributed by atoms with Gasteiger partial charge in [-0.2, -0.15) is 0 Å². The van der Waals surface area contributed by atoms with Crippen LogP contribution in [0.3, 0.4) is 0 Å². The van der Waals surface area contributed by atoms with Crippen LogP contribution in [0.1, 0.15) is 6.92 Å². The summed E-state index contributed by atoms with van der Waals surface area (Å²) in [6, 6.07) is 0. The van der Waals surface area contributed by atoms with Crippen molar-refractivity contribution in [3.63, 3.8) is 0 Å². The van der Waals surface area contributed by atoms with Crippen molar-refractivity contribution in [2.45, 2.75) is 13.2 Å². The lowest BCUT2D eigenvalue weighted by molar-refractivity contribution is -0.188. The van der Waals surface area contributed by atoms with Crippen LogP contribution < -0.4 is 5.73 Å². The molecular formula is C6H13NO2. The minimum atomic E-state index is -0.0344. The van der Waals surface area contributed by atoms with Crippen LogP contribution >= 0.6 is 0 Å². The normalized spacial score (nSPS) is 36.7. The van der Waals surface area contributed by atoms with E-state index in [0.29, 0.717) is 12.5 Å². The Hall–Kier alpha value is -0.120. The number of nitrogens with two attached hydrogens (primary N) is 1. The maximum atomic E-state index is 5.39. The van der Waals surface area contributed by atoms with Gasteiger partial charge >= 0.3 is 0 Å². The van der Waals surface area contributed by atoms with Crippen LogP contribution in [0.4, 0.5) is 0 Å². The van der Waals surface area contributed by atoms with E-state index in [-0.39, 0.29) is 6.29 Å². The largest absolute Gasteiger partial charge is 0.353 e. The second-order valence-electron chi connectivity index (χ2n) is 2.34. The zero-order valence-electron chi connectivity index (χ0n) is 5.67. The molecule has 0 atom stereocenters. The SMILES string of the molecule is CC1OCC(CN)CO1. The van der Waals surface area contributed by atoms with Gasteiger partial charge < -0.3 is 15.2 Å². The van der Waals surface area contributed by atoms with Gasteiger partial charge in [0.1, 0.15) is 0 Å². The van der Waals surface area contributed by atoms with E-state index >= 15 is 0 Å². The van der Waals surface area contributed by atoms with E-state index in [1.165, 1.54) is 0 Å². The molecule has 2 N–H and O–H groups in total. The molecule has 1 aliphatic rings. The molecule has 0 saturated carbocycles. The van der Waals surface area contributed by atoms with Gasteiger partial charge in [-0.05, 0) is 13.5 Å². The molecule has 0 spiro atoms. The molecule has 1 saturated heterocycles. The Labute approximate surface area is 55.1 Å². The molecule has 3 nitrogen and oxygen atoms in total. The van der Waals surface area contributed by atoms with Crippen molar-refractivity contribution >= 4 is 0 Å². The summed E-state index contributed by atoms with van der Waals surface area (Å²) in [4.78, 5) is 0. The van der Waals surface area contributed by atoms with E-state index in [1.54, 1.807) is 0 Å². The predicted octanol–water partition coefficient (Wildman–Crippen LogP) is -0.0459. The van der Waals surface area contributed by atoms with Crippen molar-refractivity contribution in [1.82, 2.24) is 0 Å². The van der Waals surface area contributed by atoms with Crippen molar-refractivity contribution in [3.8, 4) is 0 Å². The van der Waals surface area contributed by atoms with Crippen molar-refractivity contribution in [2.75, 3.05) is 19.8 Å². The molecule has 9 heavy (non-hydrogen) atoms. The van der Waals surface area contributed by atoms with Crippen LogP contribution in [0.2, 0.25) is 0 Å². The van der Waals surface area contributed by atoms with E-state index in [2.05, 4.69) is 0 Å². The zero-order chi connectivity index (χ0) is 6.69. The number of hydrogen-bond acceptors (Lipinski definition) is 3. The Kier molecular flexibility index (Phi) is 2.45. The molecule has 1 heterocycles. The van der Waals surface area contributed by atoms with Gasteiger partial charge in [0, 0.05) is 5.92 Å². The third-order valence-corrected chi connectivity index (χ3v) is 1.47. The van der Waals surface area contributed by atoms with Crippen molar-refractivity contribution in [2.24, 2.45) is 11.7 Å². The molecule has 0 amide bonds. The molecule has 3 heteroatoms. The molecule has 0 unspecified atom stereocenters. The topological polar surface area (TPSA) is 44.5 Å². The molecule has 1 fully saturated rings. The van der Waals surface area contributed by atoms with Gasteiger partial charge in [0.2, 0.25) is 0 Å². The number of rotatable bonds is 1. The zero-order valence-corrected chi connectivity index (χ0v) is 5.67. The van der Waals surface area contributed by atoms with Crippen LogP contribution in [0.5, 0.6) is 0 Å². The van der Waals surface area contributed by atoms with E-state index in [9.17, 15) is 0 Å². The molecule has 0 aromatic rings. The van der Waals surface area contributed by atoms with Gasteiger partial charge in [0.15, 0.2) is 6.29 Å².